The van der Waals surface area contributed by atoms with E-state index in [1.165, 1.54) is 0 Å². The van der Waals surface area contributed by atoms with Gasteiger partial charge >= 0.3 is 6.09 Å². The average molecular weight is 334 g/mol. The molecule has 1 aromatic rings. The van der Waals surface area contributed by atoms with E-state index in [1.807, 2.05) is 32.9 Å². The lowest BCUT2D eigenvalue weighted by Crippen LogP contribution is -2.45. The topological polar surface area (TPSA) is 67.9 Å². The number of carbonyl (C=O) groups is 2. The molecule has 0 spiro atoms. The van der Waals surface area contributed by atoms with Gasteiger partial charge in [-0.3, -0.25) is 4.79 Å². The molecule has 0 aromatic heterocycles. The minimum atomic E-state index is -0.538. The predicted molar refractivity (Wildman–Crippen MR) is 92.2 cm³/mol. The zero-order valence-corrected chi connectivity index (χ0v) is 14.8. The van der Waals surface area contributed by atoms with Crippen molar-refractivity contribution in [1.29, 1.82) is 0 Å². The molecule has 132 valence electrons. The summed E-state index contributed by atoms with van der Waals surface area (Å²) < 4.78 is 10.6. The third kappa shape index (κ3) is 4.88. The molecule has 1 aromatic carbocycles. The number of para-hydroxylation sites is 2. The maximum Gasteiger partial charge on any atom is 0.410 e. The summed E-state index contributed by atoms with van der Waals surface area (Å²) in [5.74, 6) is 0.259. The smallest absolute Gasteiger partial charge is 0.410 e. The first-order chi connectivity index (χ1) is 11.3. The average Bonchev–Trinajstić information content (AvgIpc) is 2.54. The molecule has 6 nitrogen and oxygen atoms in total. The van der Waals surface area contributed by atoms with Crippen molar-refractivity contribution in [2.24, 2.45) is 5.92 Å². The molecule has 0 bridgehead atoms. The number of hydrogen-bond donors (Lipinski definition) is 1. The Kier molecular flexibility index (Phi) is 5.70. The number of benzene rings is 1. The van der Waals surface area contributed by atoms with Crippen LogP contribution in [-0.2, 0) is 9.53 Å². The molecule has 1 saturated heterocycles. The molecule has 6 heteroatoms. The Bertz CT molecular complexity index is 595. The number of carbonyl (C=O) groups excluding carboxylic acids is 2. The van der Waals surface area contributed by atoms with E-state index in [1.54, 1.807) is 24.1 Å². The summed E-state index contributed by atoms with van der Waals surface area (Å²) in [7, 11) is 1.57. The second-order valence-corrected chi connectivity index (χ2v) is 6.96. The summed E-state index contributed by atoms with van der Waals surface area (Å²) in [4.78, 5) is 26.3. The Hall–Kier alpha value is -2.24. The highest BCUT2D eigenvalue weighted by molar-refractivity contribution is 5.94. The van der Waals surface area contributed by atoms with Crippen LogP contribution in [0.1, 0.15) is 33.6 Å². The van der Waals surface area contributed by atoms with Gasteiger partial charge in [0.15, 0.2) is 0 Å². The van der Waals surface area contributed by atoms with E-state index in [0.29, 0.717) is 24.5 Å². The Labute approximate surface area is 143 Å². The van der Waals surface area contributed by atoms with E-state index in [-0.39, 0.29) is 17.9 Å². The Balaban J connectivity index is 1.98. The van der Waals surface area contributed by atoms with Crippen molar-refractivity contribution in [3.05, 3.63) is 24.3 Å². The van der Waals surface area contributed by atoms with Crippen molar-refractivity contribution >= 4 is 17.7 Å². The predicted octanol–water partition coefficient (Wildman–Crippen LogP) is 3.28. The number of nitrogens with one attached hydrogen (secondary N) is 1. The van der Waals surface area contributed by atoms with Crippen LogP contribution in [-0.4, -0.2) is 42.7 Å². The van der Waals surface area contributed by atoms with Crippen molar-refractivity contribution in [1.82, 2.24) is 4.90 Å². The third-order valence-corrected chi connectivity index (χ3v) is 3.81. The van der Waals surface area contributed by atoms with Crippen LogP contribution in [0.3, 0.4) is 0 Å². The van der Waals surface area contributed by atoms with Gasteiger partial charge in [0.05, 0.1) is 18.7 Å². The molecular weight excluding hydrogens is 308 g/mol. The number of rotatable bonds is 3. The minimum Gasteiger partial charge on any atom is -0.495 e. The molecule has 24 heavy (non-hydrogen) atoms. The van der Waals surface area contributed by atoms with Crippen molar-refractivity contribution in [3.8, 4) is 5.75 Å². The molecule has 1 heterocycles. The molecule has 2 amide bonds. The van der Waals surface area contributed by atoms with Crippen molar-refractivity contribution in [3.63, 3.8) is 0 Å². The van der Waals surface area contributed by atoms with Gasteiger partial charge in [-0.05, 0) is 45.7 Å². The normalized spacial score (nSPS) is 18.0. The lowest BCUT2D eigenvalue weighted by molar-refractivity contribution is -0.121. The molecule has 1 unspecified atom stereocenters. The summed E-state index contributed by atoms with van der Waals surface area (Å²) in [5, 5.41) is 2.90. The second-order valence-electron chi connectivity index (χ2n) is 6.96. The van der Waals surface area contributed by atoms with Crippen molar-refractivity contribution < 1.29 is 19.1 Å². The highest BCUT2D eigenvalue weighted by atomic mass is 16.6. The first-order valence-electron chi connectivity index (χ1n) is 8.22. The molecule has 1 fully saturated rings. The number of piperidine rings is 1. The number of amides is 2. The van der Waals surface area contributed by atoms with Gasteiger partial charge in [-0.2, -0.15) is 0 Å². The molecular formula is C18H26N2O4. The van der Waals surface area contributed by atoms with E-state index in [2.05, 4.69) is 5.32 Å². The molecule has 1 atom stereocenters. The Morgan fingerprint density at radius 3 is 2.62 bits per heavy atom. The molecule has 0 radical (unpaired) electrons. The van der Waals surface area contributed by atoms with Gasteiger partial charge in [-0.25, -0.2) is 4.79 Å². The molecule has 0 aliphatic carbocycles. The van der Waals surface area contributed by atoms with Gasteiger partial charge in [0.1, 0.15) is 11.4 Å². The number of ether oxygens (including phenoxy) is 2. The molecule has 1 N–H and O–H groups in total. The summed E-state index contributed by atoms with van der Waals surface area (Å²) in [6, 6.07) is 7.28. The first-order valence-corrected chi connectivity index (χ1v) is 8.22. The lowest BCUT2D eigenvalue weighted by atomic mass is 9.97. The van der Waals surface area contributed by atoms with Crippen LogP contribution >= 0.6 is 0 Å². The summed E-state index contributed by atoms with van der Waals surface area (Å²) >= 11 is 0. The van der Waals surface area contributed by atoms with Crippen LogP contribution in [0.25, 0.3) is 0 Å². The van der Waals surface area contributed by atoms with Crippen LogP contribution in [0, 0.1) is 5.92 Å². The van der Waals surface area contributed by atoms with Gasteiger partial charge in [0.25, 0.3) is 0 Å². The fourth-order valence-electron chi connectivity index (χ4n) is 2.67. The van der Waals surface area contributed by atoms with Crippen molar-refractivity contribution in [2.45, 2.75) is 39.2 Å². The van der Waals surface area contributed by atoms with Crippen LogP contribution in [0.15, 0.2) is 24.3 Å². The van der Waals surface area contributed by atoms with E-state index in [0.717, 1.165) is 12.8 Å². The van der Waals surface area contributed by atoms with Crippen LogP contribution < -0.4 is 10.1 Å². The molecule has 1 aliphatic rings. The van der Waals surface area contributed by atoms with Crippen LogP contribution in [0.2, 0.25) is 0 Å². The van der Waals surface area contributed by atoms with Gasteiger partial charge in [-0.15, -0.1) is 0 Å². The number of likely N-dealkylation sites (tertiary alicyclic amines) is 1. The Morgan fingerprint density at radius 1 is 1.25 bits per heavy atom. The zero-order valence-electron chi connectivity index (χ0n) is 14.8. The van der Waals surface area contributed by atoms with Gasteiger partial charge < -0.3 is 19.7 Å². The highest BCUT2D eigenvalue weighted by Gasteiger charge is 2.31. The summed E-state index contributed by atoms with van der Waals surface area (Å²) in [6.45, 7) is 6.49. The number of nitrogens with zero attached hydrogens (tertiary/aromatic N) is 1. The van der Waals surface area contributed by atoms with Crippen molar-refractivity contribution in [2.75, 3.05) is 25.5 Å². The molecule has 0 saturated carbocycles. The largest absolute Gasteiger partial charge is 0.495 e. The second kappa shape index (κ2) is 7.55. The van der Waals surface area contributed by atoms with Crippen LogP contribution in [0.4, 0.5) is 10.5 Å². The SMILES string of the molecule is COc1ccccc1NC(=O)C1CCCN(C(=O)OC(C)(C)C)C1. The summed E-state index contributed by atoms with van der Waals surface area (Å²) in [5.41, 5.74) is 0.100. The molecule has 2 rings (SSSR count). The number of methoxy groups -OCH3 is 1. The fourth-order valence-corrected chi connectivity index (χ4v) is 2.67. The Morgan fingerprint density at radius 2 is 1.96 bits per heavy atom. The maximum atomic E-state index is 12.5. The highest BCUT2D eigenvalue weighted by Crippen LogP contribution is 2.26. The maximum absolute atomic E-state index is 12.5. The number of hydrogen-bond acceptors (Lipinski definition) is 4. The molecule has 1 aliphatic heterocycles. The zero-order chi connectivity index (χ0) is 17.7. The standard InChI is InChI=1S/C18H26N2O4/c1-18(2,3)24-17(22)20-11-7-8-13(12-20)16(21)19-14-9-5-6-10-15(14)23-4/h5-6,9-10,13H,7-8,11-12H2,1-4H3,(H,19,21). The fraction of sp³-hybridized carbons (Fsp3) is 0.556. The monoisotopic (exact) mass is 334 g/mol. The number of anilines is 1. The van der Waals surface area contributed by atoms with E-state index in [9.17, 15) is 9.59 Å². The van der Waals surface area contributed by atoms with Crippen LogP contribution in [0.5, 0.6) is 5.75 Å². The van der Waals surface area contributed by atoms with Gasteiger partial charge in [-0.1, -0.05) is 12.1 Å². The van der Waals surface area contributed by atoms with E-state index >= 15 is 0 Å². The minimum absolute atomic E-state index is 0.104. The van der Waals surface area contributed by atoms with E-state index < -0.39 is 5.60 Å². The van der Waals surface area contributed by atoms with E-state index in [4.69, 9.17) is 9.47 Å². The quantitative estimate of drug-likeness (QED) is 0.921. The van der Waals surface area contributed by atoms with Gasteiger partial charge in [0, 0.05) is 13.1 Å². The first kappa shape index (κ1) is 18.1. The third-order valence-electron chi connectivity index (χ3n) is 3.81. The lowest BCUT2D eigenvalue weighted by Gasteiger charge is -2.33. The summed E-state index contributed by atoms with van der Waals surface area (Å²) in [6.07, 6.45) is 1.17. The van der Waals surface area contributed by atoms with Gasteiger partial charge in [0.2, 0.25) is 5.91 Å².